The molecule has 1 N–H and O–H groups in total. The third-order valence-corrected chi connectivity index (χ3v) is 2.53. The van der Waals surface area contributed by atoms with Gasteiger partial charge in [-0.25, -0.2) is 4.57 Å². The summed E-state index contributed by atoms with van der Waals surface area (Å²) in [5.74, 6) is 0. The summed E-state index contributed by atoms with van der Waals surface area (Å²) in [5.41, 5.74) is 2.45. The normalized spacial score (nSPS) is 9.71. The zero-order valence-electron chi connectivity index (χ0n) is 9.59. The first-order valence-electron chi connectivity index (χ1n) is 5.51. The average molecular weight is 250 g/mol. The largest absolute Gasteiger partial charge is 1.00 e. The van der Waals surface area contributed by atoms with Gasteiger partial charge < -0.3 is 17.5 Å². The van der Waals surface area contributed by atoms with E-state index in [4.69, 9.17) is 5.11 Å². The molecule has 17 heavy (non-hydrogen) atoms. The van der Waals surface area contributed by atoms with E-state index in [0.717, 1.165) is 13.0 Å². The molecule has 0 aliphatic carbocycles. The molecule has 1 aromatic heterocycles. The molecule has 2 aromatic rings. The molecular weight excluding hydrogens is 234 g/mol. The molecule has 0 unspecified atom stereocenters. The number of benzene rings is 1. The van der Waals surface area contributed by atoms with Crippen molar-refractivity contribution in [1.29, 1.82) is 0 Å². The molecule has 2 nitrogen and oxygen atoms in total. The highest BCUT2D eigenvalue weighted by atomic mass is 35.5. The van der Waals surface area contributed by atoms with Gasteiger partial charge in [-0.2, -0.15) is 0 Å². The maximum absolute atomic E-state index is 8.89. The van der Waals surface area contributed by atoms with Crippen LogP contribution in [0.2, 0.25) is 0 Å². The summed E-state index contributed by atoms with van der Waals surface area (Å²) < 4.78 is 2.14. The van der Waals surface area contributed by atoms with Crippen molar-refractivity contribution < 1.29 is 22.1 Å². The molecule has 0 spiro atoms. The van der Waals surface area contributed by atoms with Crippen LogP contribution >= 0.6 is 0 Å². The van der Waals surface area contributed by atoms with Gasteiger partial charge in [0, 0.05) is 30.2 Å². The number of aliphatic hydroxyl groups is 1. The van der Waals surface area contributed by atoms with E-state index in [1.807, 2.05) is 36.5 Å². The van der Waals surface area contributed by atoms with Crippen LogP contribution in [0.1, 0.15) is 11.1 Å². The molecule has 1 heterocycles. The Bertz CT molecular complexity index is 445. The predicted octanol–water partition coefficient (Wildman–Crippen LogP) is -1.44. The lowest BCUT2D eigenvalue weighted by molar-refractivity contribution is -0.688. The summed E-state index contributed by atoms with van der Waals surface area (Å²) in [6.07, 6.45) is 4.85. The number of rotatable bonds is 4. The van der Waals surface area contributed by atoms with Crippen molar-refractivity contribution in [3.05, 3.63) is 66.0 Å². The van der Waals surface area contributed by atoms with Gasteiger partial charge in [0.15, 0.2) is 18.9 Å². The topological polar surface area (TPSA) is 24.1 Å². The van der Waals surface area contributed by atoms with Gasteiger partial charge in [-0.05, 0) is 6.07 Å². The van der Waals surface area contributed by atoms with Crippen LogP contribution in [0.5, 0.6) is 0 Å². The first kappa shape index (κ1) is 13.7. The lowest BCUT2D eigenvalue weighted by atomic mass is 10.2. The minimum atomic E-state index is 0. The van der Waals surface area contributed by atoms with Gasteiger partial charge in [-0.15, -0.1) is 0 Å². The lowest BCUT2D eigenvalue weighted by Crippen LogP contribution is -3.00. The van der Waals surface area contributed by atoms with Crippen LogP contribution in [0, 0.1) is 0 Å². The minimum absolute atomic E-state index is 0. The Morgan fingerprint density at radius 1 is 0.941 bits per heavy atom. The molecule has 0 aliphatic rings. The Morgan fingerprint density at radius 3 is 2.35 bits per heavy atom. The van der Waals surface area contributed by atoms with E-state index in [1.165, 1.54) is 11.1 Å². The van der Waals surface area contributed by atoms with Gasteiger partial charge in [0.2, 0.25) is 0 Å². The summed E-state index contributed by atoms with van der Waals surface area (Å²) in [5, 5.41) is 8.89. The molecule has 0 amide bonds. The smallest absolute Gasteiger partial charge is 0.173 e. The summed E-state index contributed by atoms with van der Waals surface area (Å²) in [7, 11) is 0. The maximum Gasteiger partial charge on any atom is 0.173 e. The summed E-state index contributed by atoms with van der Waals surface area (Å²) in [6.45, 7) is 1.08. The third-order valence-electron chi connectivity index (χ3n) is 2.53. The number of halogens is 1. The number of pyridine rings is 1. The van der Waals surface area contributed by atoms with Gasteiger partial charge in [-0.1, -0.05) is 30.3 Å². The summed E-state index contributed by atoms with van der Waals surface area (Å²) in [6, 6.07) is 14.4. The fourth-order valence-electron chi connectivity index (χ4n) is 1.75. The van der Waals surface area contributed by atoms with E-state index in [1.54, 1.807) is 0 Å². The zero-order valence-corrected chi connectivity index (χ0v) is 10.3. The molecule has 1 aromatic carbocycles. The number of hydrogen-bond acceptors (Lipinski definition) is 1. The molecule has 0 fully saturated rings. The molecular formula is C14H16ClNO. The average Bonchev–Trinajstić information content (AvgIpc) is 2.31. The number of nitrogens with zero attached hydrogens (tertiary/aromatic N) is 1. The number of aliphatic hydroxyl groups excluding tert-OH is 1. The van der Waals surface area contributed by atoms with Crippen LogP contribution in [0.4, 0.5) is 0 Å². The lowest BCUT2D eigenvalue weighted by Gasteiger charge is -1.99. The van der Waals surface area contributed by atoms with E-state index in [9.17, 15) is 0 Å². The monoisotopic (exact) mass is 249 g/mol. The van der Waals surface area contributed by atoms with Crippen molar-refractivity contribution in [3.8, 4) is 0 Å². The van der Waals surface area contributed by atoms with E-state index >= 15 is 0 Å². The van der Waals surface area contributed by atoms with Crippen LogP contribution in [-0.2, 0) is 13.0 Å². The Kier molecular flexibility index (Phi) is 5.67. The molecule has 0 bridgehead atoms. The second-order valence-electron chi connectivity index (χ2n) is 3.84. The third kappa shape index (κ3) is 4.17. The number of hydrogen-bond donors (Lipinski definition) is 1. The Balaban J connectivity index is 0.00000144. The van der Waals surface area contributed by atoms with E-state index in [2.05, 4.69) is 22.9 Å². The van der Waals surface area contributed by atoms with Crippen molar-refractivity contribution in [3.63, 3.8) is 0 Å². The van der Waals surface area contributed by atoms with Gasteiger partial charge in [-0.3, -0.25) is 0 Å². The van der Waals surface area contributed by atoms with Gasteiger partial charge in [0.05, 0.1) is 0 Å². The molecule has 2 rings (SSSR count). The van der Waals surface area contributed by atoms with Crippen LogP contribution in [0.25, 0.3) is 0 Å². The minimum Gasteiger partial charge on any atom is -1.00 e. The highest BCUT2D eigenvalue weighted by Gasteiger charge is 2.03. The van der Waals surface area contributed by atoms with Gasteiger partial charge in [0.25, 0.3) is 0 Å². The van der Waals surface area contributed by atoms with Gasteiger partial charge in [0.1, 0.15) is 0 Å². The fraction of sp³-hybridized carbons (Fsp3) is 0.214. The Labute approximate surface area is 108 Å². The van der Waals surface area contributed by atoms with Crippen molar-refractivity contribution in [2.45, 2.75) is 13.0 Å². The quantitative estimate of drug-likeness (QED) is 0.660. The van der Waals surface area contributed by atoms with Crippen molar-refractivity contribution in [1.82, 2.24) is 0 Å². The first-order valence-corrected chi connectivity index (χ1v) is 5.51. The summed E-state index contributed by atoms with van der Waals surface area (Å²) >= 11 is 0. The van der Waals surface area contributed by atoms with Crippen LogP contribution in [-0.4, -0.2) is 11.7 Å². The fourth-order valence-corrected chi connectivity index (χ4v) is 1.75. The molecule has 3 heteroatoms. The first-order chi connectivity index (χ1) is 7.88. The Morgan fingerprint density at radius 2 is 1.65 bits per heavy atom. The van der Waals surface area contributed by atoms with E-state index in [0.29, 0.717) is 0 Å². The highest BCUT2D eigenvalue weighted by Crippen LogP contribution is 1.99. The molecule has 0 aliphatic heterocycles. The van der Waals surface area contributed by atoms with Gasteiger partial charge >= 0.3 is 0 Å². The predicted molar refractivity (Wildman–Crippen MR) is 63.0 cm³/mol. The summed E-state index contributed by atoms with van der Waals surface area (Å²) in [4.78, 5) is 0. The van der Waals surface area contributed by atoms with Crippen LogP contribution < -0.4 is 17.0 Å². The zero-order chi connectivity index (χ0) is 11.2. The Hall–Kier alpha value is -1.38. The molecule has 0 saturated heterocycles. The number of aromatic nitrogens is 1. The SMILES string of the molecule is OCCc1ccc[n+](Cc2ccccc2)c1.[Cl-]. The maximum atomic E-state index is 8.89. The second kappa shape index (κ2) is 7.05. The molecule has 90 valence electrons. The highest BCUT2D eigenvalue weighted by molar-refractivity contribution is 5.13. The van der Waals surface area contributed by atoms with E-state index in [-0.39, 0.29) is 19.0 Å². The van der Waals surface area contributed by atoms with Crippen LogP contribution in [0.15, 0.2) is 54.9 Å². The van der Waals surface area contributed by atoms with Crippen molar-refractivity contribution in [2.24, 2.45) is 0 Å². The molecule has 0 atom stereocenters. The second-order valence-corrected chi connectivity index (χ2v) is 3.84. The van der Waals surface area contributed by atoms with Crippen molar-refractivity contribution in [2.75, 3.05) is 6.61 Å². The standard InChI is InChI=1S/C14H16NO.ClH/c16-10-8-14-7-4-9-15(12-14)11-13-5-2-1-3-6-13;/h1-7,9,12,16H,8,10-11H2;1H/q+1;/p-1. The molecule has 0 radical (unpaired) electrons. The van der Waals surface area contributed by atoms with Crippen LogP contribution in [0.3, 0.4) is 0 Å². The van der Waals surface area contributed by atoms with Crippen molar-refractivity contribution >= 4 is 0 Å². The molecule has 0 saturated carbocycles. The van der Waals surface area contributed by atoms with E-state index < -0.39 is 0 Å².